The van der Waals surface area contributed by atoms with Crippen molar-refractivity contribution in [2.45, 2.75) is 44.0 Å². The van der Waals surface area contributed by atoms with Gasteiger partial charge in [-0.05, 0) is 30.5 Å². The maximum Gasteiger partial charge on any atom is 0.217 e. The zero-order valence-corrected chi connectivity index (χ0v) is 16.9. The Bertz CT molecular complexity index is 983. The van der Waals surface area contributed by atoms with E-state index in [1.807, 2.05) is 0 Å². The molecule has 2 heterocycles. The van der Waals surface area contributed by atoms with Crippen LogP contribution >= 0.6 is 0 Å². The molecule has 1 N–H and O–H groups in total. The molecule has 154 valence electrons. The zero-order chi connectivity index (χ0) is 21.6. The molecule has 0 radical (unpaired) electrons. The van der Waals surface area contributed by atoms with Gasteiger partial charge >= 0.3 is 0 Å². The van der Waals surface area contributed by atoms with E-state index >= 15 is 0 Å². The first-order valence-corrected chi connectivity index (χ1v) is 9.89. The van der Waals surface area contributed by atoms with E-state index in [2.05, 4.69) is 18.2 Å². The lowest BCUT2D eigenvalue weighted by molar-refractivity contribution is -0.285. The third-order valence-electron chi connectivity index (χ3n) is 6.74. The van der Waals surface area contributed by atoms with Gasteiger partial charge in [0.15, 0.2) is 5.41 Å². The van der Waals surface area contributed by atoms with Gasteiger partial charge in [-0.1, -0.05) is 12.8 Å². The van der Waals surface area contributed by atoms with Crippen molar-refractivity contribution < 1.29 is 18.9 Å². The Balaban J connectivity index is 2.00. The topological polar surface area (TPSA) is 132 Å². The number of methoxy groups -OCH3 is 2. The fraction of sp³-hybridized carbons (Fsp3) is 0.545. The molecule has 2 saturated heterocycles. The molecule has 4 atom stereocenters. The van der Waals surface area contributed by atoms with Crippen LogP contribution in [0.15, 0.2) is 18.2 Å². The molecule has 3 fully saturated rings. The summed E-state index contributed by atoms with van der Waals surface area (Å²) in [6.45, 7) is 0. The Labute approximate surface area is 175 Å². The minimum atomic E-state index is -1.97. The van der Waals surface area contributed by atoms with Crippen LogP contribution < -0.4 is 9.47 Å². The fourth-order valence-electron chi connectivity index (χ4n) is 5.32. The van der Waals surface area contributed by atoms with Gasteiger partial charge in [0.1, 0.15) is 17.6 Å². The summed E-state index contributed by atoms with van der Waals surface area (Å²) >= 11 is 0. The number of nitrogens with zero attached hydrogens (tertiary/aromatic N) is 3. The average molecular weight is 406 g/mol. The maximum absolute atomic E-state index is 10.4. The quantitative estimate of drug-likeness (QED) is 0.811. The normalized spacial score (nSPS) is 33.6. The number of ether oxygens (including phenoxy) is 4. The van der Waals surface area contributed by atoms with Gasteiger partial charge in [0.05, 0.1) is 38.3 Å². The summed E-state index contributed by atoms with van der Waals surface area (Å²) in [5, 5.41) is 39.5. The van der Waals surface area contributed by atoms with E-state index in [0.29, 0.717) is 29.9 Å². The van der Waals surface area contributed by atoms with E-state index in [1.165, 1.54) is 14.2 Å². The Morgan fingerprint density at radius 3 is 2.23 bits per heavy atom. The molecular formula is C22H22N4O4. The van der Waals surface area contributed by atoms with Crippen LogP contribution in [0.3, 0.4) is 0 Å². The third kappa shape index (κ3) is 2.30. The summed E-state index contributed by atoms with van der Waals surface area (Å²) in [5.74, 6) is -1.19. The second kappa shape index (κ2) is 6.90. The number of benzene rings is 1. The summed E-state index contributed by atoms with van der Waals surface area (Å²) < 4.78 is 23.1. The number of hydrogen-bond donors (Lipinski definition) is 1. The van der Waals surface area contributed by atoms with E-state index in [4.69, 9.17) is 24.4 Å². The standard InChI is InChI=1S/C22H22N4O4/c1-27-15-8-14(9-16(10-15)28-2)18-20(11-23,12-24)21(13-25)17-6-4-3-5-7-22(17,29-18)30-19(21)26/h8-10,17-18,26H,3-7H2,1-2H3. The highest BCUT2D eigenvalue weighted by atomic mass is 16.7. The predicted molar refractivity (Wildman–Crippen MR) is 103 cm³/mol. The minimum Gasteiger partial charge on any atom is -0.497 e. The predicted octanol–water partition coefficient (Wildman–Crippen LogP) is 3.60. The van der Waals surface area contributed by atoms with Crippen molar-refractivity contribution in [3.8, 4) is 29.7 Å². The SMILES string of the molecule is COc1cc(OC)cc(C2OC34CCCCCC3C(C#N)(C(=N)O4)C2(C#N)C#N)c1. The molecule has 4 unspecified atom stereocenters. The molecule has 1 aliphatic carbocycles. The highest BCUT2D eigenvalue weighted by molar-refractivity contribution is 5.89. The Hall–Kier alpha value is -3.28. The maximum atomic E-state index is 10.4. The molecule has 1 saturated carbocycles. The lowest BCUT2D eigenvalue weighted by Crippen LogP contribution is -2.59. The molecule has 0 aromatic heterocycles. The second-order valence-corrected chi connectivity index (χ2v) is 7.99. The highest BCUT2D eigenvalue weighted by Gasteiger charge is 2.80. The summed E-state index contributed by atoms with van der Waals surface area (Å²) in [6.07, 6.45) is 2.49. The molecule has 8 heteroatoms. The molecule has 1 aromatic rings. The van der Waals surface area contributed by atoms with Crippen LogP contribution in [0.25, 0.3) is 0 Å². The van der Waals surface area contributed by atoms with Gasteiger partial charge in [-0.25, -0.2) is 0 Å². The lowest BCUT2D eigenvalue weighted by atomic mass is 9.52. The van der Waals surface area contributed by atoms with E-state index in [1.54, 1.807) is 18.2 Å². The van der Waals surface area contributed by atoms with Gasteiger partial charge in [-0.2, -0.15) is 15.8 Å². The molecule has 3 aliphatic rings. The van der Waals surface area contributed by atoms with Gasteiger partial charge in [0.25, 0.3) is 0 Å². The first-order valence-electron chi connectivity index (χ1n) is 9.89. The number of nitrogens with one attached hydrogen (secondary N) is 1. The van der Waals surface area contributed by atoms with Crippen molar-refractivity contribution in [2.24, 2.45) is 16.7 Å². The Kier molecular flexibility index (Phi) is 4.60. The van der Waals surface area contributed by atoms with Crippen molar-refractivity contribution in [3.63, 3.8) is 0 Å². The van der Waals surface area contributed by atoms with Gasteiger partial charge in [0, 0.05) is 12.5 Å². The number of rotatable bonds is 3. The molecule has 30 heavy (non-hydrogen) atoms. The Morgan fingerprint density at radius 2 is 1.67 bits per heavy atom. The van der Waals surface area contributed by atoms with Crippen LogP contribution in [0.4, 0.5) is 0 Å². The molecule has 4 rings (SSSR count). The smallest absolute Gasteiger partial charge is 0.217 e. The monoisotopic (exact) mass is 406 g/mol. The van der Waals surface area contributed by atoms with Crippen LogP contribution in [-0.4, -0.2) is 25.9 Å². The van der Waals surface area contributed by atoms with E-state index in [9.17, 15) is 15.8 Å². The van der Waals surface area contributed by atoms with Crippen molar-refractivity contribution in [1.82, 2.24) is 0 Å². The van der Waals surface area contributed by atoms with E-state index < -0.39 is 28.6 Å². The van der Waals surface area contributed by atoms with Crippen LogP contribution in [0, 0.1) is 56.2 Å². The summed E-state index contributed by atoms with van der Waals surface area (Å²) in [5.41, 5.74) is -3.22. The minimum absolute atomic E-state index is 0.350. The first-order chi connectivity index (χ1) is 14.5. The van der Waals surface area contributed by atoms with Crippen LogP contribution in [0.2, 0.25) is 0 Å². The molecule has 0 spiro atoms. The fourth-order valence-corrected chi connectivity index (χ4v) is 5.32. The zero-order valence-electron chi connectivity index (χ0n) is 16.9. The van der Waals surface area contributed by atoms with Gasteiger partial charge in [-0.15, -0.1) is 0 Å². The summed E-state index contributed by atoms with van der Waals surface area (Å²) in [6, 6.07) is 11.4. The molecule has 2 bridgehead atoms. The van der Waals surface area contributed by atoms with Gasteiger partial charge in [-0.3, -0.25) is 5.41 Å². The van der Waals surface area contributed by atoms with Gasteiger partial charge < -0.3 is 18.9 Å². The number of hydrogen-bond acceptors (Lipinski definition) is 8. The summed E-state index contributed by atoms with van der Waals surface area (Å²) in [4.78, 5) is 0. The van der Waals surface area contributed by atoms with Crippen molar-refractivity contribution in [3.05, 3.63) is 23.8 Å². The third-order valence-corrected chi connectivity index (χ3v) is 6.74. The molecular weight excluding hydrogens is 384 g/mol. The van der Waals surface area contributed by atoms with Crippen molar-refractivity contribution >= 4 is 5.90 Å². The molecule has 1 aromatic carbocycles. The van der Waals surface area contributed by atoms with Crippen LogP contribution in [-0.2, 0) is 9.47 Å². The van der Waals surface area contributed by atoms with E-state index in [-0.39, 0.29) is 5.90 Å². The van der Waals surface area contributed by atoms with Crippen molar-refractivity contribution in [2.75, 3.05) is 14.2 Å². The largest absolute Gasteiger partial charge is 0.497 e. The van der Waals surface area contributed by atoms with E-state index in [0.717, 1.165) is 19.3 Å². The second-order valence-electron chi connectivity index (χ2n) is 7.99. The first kappa shape index (κ1) is 20.0. The van der Waals surface area contributed by atoms with Crippen LogP contribution in [0.5, 0.6) is 11.5 Å². The lowest BCUT2D eigenvalue weighted by Gasteiger charge is -2.49. The average Bonchev–Trinajstić information content (AvgIpc) is 2.90. The molecule has 0 amide bonds. The van der Waals surface area contributed by atoms with Crippen molar-refractivity contribution in [1.29, 1.82) is 21.2 Å². The molecule has 8 nitrogen and oxygen atoms in total. The van der Waals surface area contributed by atoms with Crippen LogP contribution in [0.1, 0.15) is 43.8 Å². The highest BCUT2D eigenvalue weighted by Crippen LogP contribution is 2.69. The Morgan fingerprint density at radius 1 is 1.00 bits per heavy atom. The summed E-state index contributed by atoms with van der Waals surface area (Å²) in [7, 11) is 3.00. The molecule has 2 aliphatic heterocycles. The van der Waals surface area contributed by atoms with Gasteiger partial charge in [0.2, 0.25) is 17.1 Å². The number of nitriles is 3.